The average molecular weight is 490 g/mol. The van der Waals surface area contributed by atoms with Gasteiger partial charge in [-0.25, -0.2) is 0 Å². The summed E-state index contributed by atoms with van der Waals surface area (Å²) in [7, 11) is 3.21. The summed E-state index contributed by atoms with van der Waals surface area (Å²) in [5.41, 5.74) is 5.13. The van der Waals surface area contributed by atoms with Crippen LogP contribution in [0.2, 0.25) is 0 Å². The van der Waals surface area contributed by atoms with Crippen molar-refractivity contribution in [2.24, 2.45) is 10.9 Å². The molecule has 0 saturated carbocycles. The number of carbonyl (C=O) groups excluding carboxylic acids is 2. The Balaban J connectivity index is 1.77. The minimum Gasteiger partial charge on any atom is -0.493 e. The minimum atomic E-state index is -0.624. The summed E-state index contributed by atoms with van der Waals surface area (Å²) in [4.78, 5) is 32.0. The lowest BCUT2D eigenvalue weighted by Crippen LogP contribution is -2.39. The molecule has 2 aliphatic rings. The van der Waals surface area contributed by atoms with E-state index in [-0.39, 0.29) is 23.8 Å². The SMILES string of the molecule is CC[C@H](C)OC(=O)C1C(C)=NC2=C(C(=O)C[C@H](c3ccc(OC)c(OC)c3)C2)[C@H]1c1cccc(C)c1. The molecule has 6 heteroatoms. The Hall–Kier alpha value is -3.41. The van der Waals surface area contributed by atoms with Crippen LogP contribution in [0.25, 0.3) is 0 Å². The molecule has 1 unspecified atom stereocenters. The third kappa shape index (κ3) is 4.95. The predicted molar refractivity (Wildman–Crippen MR) is 140 cm³/mol. The molecule has 36 heavy (non-hydrogen) atoms. The van der Waals surface area contributed by atoms with Crippen molar-refractivity contribution in [1.29, 1.82) is 0 Å². The summed E-state index contributed by atoms with van der Waals surface area (Å²) in [5.74, 6) is -0.0741. The van der Waals surface area contributed by atoms with Gasteiger partial charge in [-0.1, -0.05) is 42.8 Å². The Kier molecular flexibility index (Phi) is 7.62. The Morgan fingerprint density at radius 3 is 2.44 bits per heavy atom. The molecule has 1 aliphatic heterocycles. The lowest BCUT2D eigenvalue weighted by molar-refractivity contribution is -0.151. The molecule has 190 valence electrons. The molecule has 0 amide bonds. The van der Waals surface area contributed by atoms with Crippen LogP contribution in [-0.4, -0.2) is 37.8 Å². The van der Waals surface area contributed by atoms with E-state index in [4.69, 9.17) is 19.2 Å². The van der Waals surface area contributed by atoms with Crippen molar-refractivity contribution < 1.29 is 23.8 Å². The lowest BCUT2D eigenvalue weighted by Gasteiger charge is -2.37. The number of rotatable bonds is 7. The molecule has 2 aromatic rings. The van der Waals surface area contributed by atoms with Crippen LogP contribution in [-0.2, 0) is 14.3 Å². The first-order valence-corrected chi connectivity index (χ1v) is 12.6. The monoisotopic (exact) mass is 489 g/mol. The number of benzene rings is 2. The molecule has 4 atom stereocenters. The van der Waals surface area contributed by atoms with E-state index >= 15 is 0 Å². The molecule has 0 spiro atoms. The van der Waals surface area contributed by atoms with E-state index in [0.29, 0.717) is 35.6 Å². The first kappa shape index (κ1) is 25.7. The zero-order valence-corrected chi connectivity index (χ0v) is 22.0. The number of nitrogens with zero attached hydrogens (tertiary/aromatic N) is 1. The second-order valence-electron chi connectivity index (χ2n) is 9.78. The number of ketones is 1. The molecule has 0 saturated heterocycles. The molecule has 0 N–H and O–H groups in total. The van der Waals surface area contributed by atoms with Gasteiger partial charge in [0.15, 0.2) is 17.3 Å². The first-order chi connectivity index (χ1) is 17.3. The van der Waals surface area contributed by atoms with Gasteiger partial charge >= 0.3 is 5.97 Å². The van der Waals surface area contributed by atoms with Crippen LogP contribution in [0.15, 0.2) is 58.7 Å². The van der Waals surface area contributed by atoms with Gasteiger partial charge < -0.3 is 14.2 Å². The third-order valence-corrected chi connectivity index (χ3v) is 7.32. The third-order valence-electron chi connectivity index (χ3n) is 7.32. The number of aliphatic imine (C=N–C) groups is 1. The largest absolute Gasteiger partial charge is 0.493 e. The zero-order chi connectivity index (χ0) is 26.0. The average Bonchev–Trinajstić information content (AvgIpc) is 2.86. The molecule has 1 aliphatic carbocycles. The highest BCUT2D eigenvalue weighted by atomic mass is 16.5. The van der Waals surface area contributed by atoms with Crippen molar-refractivity contribution >= 4 is 17.5 Å². The minimum absolute atomic E-state index is 0.0279. The molecule has 0 aromatic heterocycles. The van der Waals surface area contributed by atoms with Crippen molar-refractivity contribution in [1.82, 2.24) is 0 Å². The number of hydrogen-bond donors (Lipinski definition) is 0. The van der Waals surface area contributed by atoms with Crippen molar-refractivity contribution in [2.45, 2.75) is 64.9 Å². The Labute approximate surface area is 213 Å². The van der Waals surface area contributed by atoms with Crippen molar-refractivity contribution in [3.8, 4) is 11.5 Å². The second-order valence-corrected chi connectivity index (χ2v) is 9.78. The molecule has 0 radical (unpaired) electrons. The van der Waals surface area contributed by atoms with Gasteiger partial charge in [0.25, 0.3) is 0 Å². The summed E-state index contributed by atoms with van der Waals surface area (Å²) < 4.78 is 16.6. The smallest absolute Gasteiger partial charge is 0.315 e. The predicted octanol–water partition coefficient (Wildman–Crippen LogP) is 5.93. The molecular formula is C30H35NO5. The molecule has 1 heterocycles. The van der Waals surface area contributed by atoms with E-state index < -0.39 is 11.8 Å². The Bertz CT molecular complexity index is 1230. The number of allylic oxidation sites excluding steroid dienone is 2. The van der Waals surface area contributed by atoms with Crippen LogP contribution in [0, 0.1) is 12.8 Å². The van der Waals surface area contributed by atoms with Crippen molar-refractivity contribution in [2.75, 3.05) is 14.2 Å². The highest BCUT2D eigenvalue weighted by molar-refractivity contribution is 6.09. The van der Waals surface area contributed by atoms with Gasteiger partial charge in [-0.2, -0.15) is 0 Å². The van der Waals surface area contributed by atoms with Crippen LogP contribution >= 0.6 is 0 Å². The zero-order valence-electron chi connectivity index (χ0n) is 22.0. The maximum Gasteiger partial charge on any atom is 0.315 e. The maximum absolute atomic E-state index is 13.8. The van der Waals surface area contributed by atoms with Crippen LogP contribution in [0.5, 0.6) is 11.5 Å². The molecule has 2 aromatic carbocycles. The summed E-state index contributed by atoms with van der Waals surface area (Å²) >= 11 is 0. The molecule has 0 fully saturated rings. The number of hydrogen-bond acceptors (Lipinski definition) is 6. The fourth-order valence-corrected chi connectivity index (χ4v) is 5.29. The van der Waals surface area contributed by atoms with Crippen LogP contribution in [0.3, 0.4) is 0 Å². The van der Waals surface area contributed by atoms with Crippen molar-refractivity contribution in [3.05, 3.63) is 70.4 Å². The summed E-state index contributed by atoms with van der Waals surface area (Å²) in [5, 5.41) is 0. The van der Waals surface area contributed by atoms with E-state index in [9.17, 15) is 9.59 Å². The maximum atomic E-state index is 13.8. The number of ether oxygens (including phenoxy) is 3. The number of Topliss-reactive ketones (excluding diaryl/α,β-unsaturated/α-hetero) is 1. The second kappa shape index (κ2) is 10.7. The Morgan fingerprint density at radius 1 is 1.03 bits per heavy atom. The van der Waals surface area contributed by atoms with Crippen molar-refractivity contribution in [3.63, 3.8) is 0 Å². The van der Waals surface area contributed by atoms with Gasteiger partial charge in [-0.05, 0) is 62.8 Å². The van der Waals surface area contributed by atoms with Gasteiger partial charge in [0.1, 0.15) is 5.92 Å². The fraction of sp³-hybridized carbons (Fsp3) is 0.433. The van der Waals surface area contributed by atoms with Crippen LogP contribution in [0.1, 0.15) is 68.6 Å². The number of carbonyl (C=O) groups is 2. The van der Waals surface area contributed by atoms with E-state index in [2.05, 4.69) is 6.07 Å². The van der Waals surface area contributed by atoms with Crippen LogP contribution in [0.4, 0.5) is 0 Å². The quantitative estimate of drug-likeness (QED) is 0.451. The summed E-state index contributed by atoms with van der Waals surface area (Å²) in [6, 6.07) is 13.8. The van der Waals surface area contributed by atoms with Crippen LogP contribution < -0.4 is 9.47 Å². The molecule has 4 rings (SSSR count). The molecule has 6 nitrogen and oxygen atoms in total. The summed E-state index contributed by atoms with van der Waals surface area (Å²) in [6.45, 7) is 7.76. The van der Waals surface area contributed by atoms with Gasteiger partial charge in [0, 0.05) is 29.3 Å². The first-order valence-electron chi connectivity index (χ1n) is 12.6. The Morgan fingerprint density at radius 2 is 1.78 bits per heavy atom. The standard InChI is InChI=1S/C30H35NO5/c1-7-18(3)36-30(33)27-19(4)31-23-14-22(20-11-12-25(34-5)26(16-20)35-6)15-24(32)29(23)28(27)21-10-8-9-17(2)13-21/h8-13,16,18,22,27-28H,7,14-15H2,1-6H3/t18-,22+,27?,28-/m0/s1. The van der Waals surface area contributed by atoms with E-state index in [0.717, 1.165) is 28.8 Å². The van der Waals surface area contributed by atoms with E-state index in [1.165, 1.54) is 0 Å². The topological polar surface area (TPSA) is 74.2 Å². The van der Waals surface area contributed by atoms with Gasteiger partial charge in [-0.3, -0.25) is 14.6 Å². The number of methoxy groups -OCH3 is 2. The molecule has 0 bridgehead atoms. The number of aryl methyl sites for hydroxylation is 1. The van der Waals surface area contributed by atoms with Gasteiger partial charge in [-0.15, -0.1) is 0 Å². The molecular weight excluding hydrogens is 454 g/mol. The summed E-state index contributed by atoms with van der Waals surface area (Å²) in [6.07, 6.45) is 1.49. The van der Waals surface area contributed by atoms with Gasteiger partial charge in [0.05, 0.1) is 20.3 Å². The lowest BCUT2D eigenvalue weighted by atomic mass is 9.69. The number of esters is 1. The highest BCUT2D eigenvalue weighted by Crippen LogP contribution is 2.47. The van der Waals surface area contributed by atoms with Gasteiger partial charge in [0.2, 0.25) is 0 Å². The highest BCUT2D eigenvalue weighted by Gasteiger charge is 2.45. The van der Waals surface area contributed by atoms with E-state index in [1.807, 2.05) is 64.1 Å². The fourth-order valence-electron chi connectivity index (χ4n) is 5.29. The normalized spacial score (nSPS) is 22.4. The van der Waals surface area contributed by atoms with E-state index in [1.54, 1.807) is 14.2 Å².